The fourth-order valence-corrected chi connectivity index (χ4v) is 2.96. The third-order valence-electron chi connectivity index (χ3n) is 4.17. The molecule has 3 unspecified atom stereocenters. The van der Waals surface area contributed by atoms with Crippen molar-refractivity contribution in [3.8, 4) is 0 Å². The molecular formula is C14H26N4O. The van der Waals surface area contributed by atoms with E-state index in [-0.39, 0.29) is 12.1 Å². The molecule has 0 saturated carbocycles. The first-order chi connectivity index (χ1) is 9.19. The summed E-state index contributed by atoms with van der Waals surface area (Å²) in [5.74, 6) is 6.24. The molecule has 3 N–H and O–H groups in total. The Bertz CT molecular complexity index is 404. The Morgan fingerprint density at radius 2 is 2.37 bits per heavy atom. The molecule has 3 atom stereocenters. The highest BCUT2D eigenvalue weighted by Crippen LogP contribution is 2.25. The van der Waals surface area contributed by atoms with Gasteiger partial charge in [0.05, 0.1) is 11.8 Å². The molecule has 0 radical (unpaired) electrons. The molecule has 1 aliphatic heterocycles. The Morgan fingerprint density at radius 3 is 2.89 bits per heavy atom. The molecule has 5 heteroatoms. The van der Waals surface area contributed by atoms with Crippen molar-refractivity contribution in [2.45, 2.75) is 58.7 Å². The van der Waals surface area contributed by atoms with Crippen LogP contribution in [0.2, 0.25) is 0 Å². The van der Waals surface area contributed by atoms with Gasteiger partial charge in [0.15, 0.2) is 0 Å². The van der Waals surface area contributed by atoms with E-state index in [0.29, 0.717) is 5.92 Å². The van der Waals surface area contributed by atoms with Gasteiger partial charge >= 0.3 is 0 Å². The van der Waals surface area contributed by atoms with Gasteiger partial charge in [0.2, 0.25) is 0 Å². The maximum absolute atomic E-state index is 5.76. The van der Waals surface area contributed by atoms with E-state index in [2.05, 4.69) is 42.0 Å². The van der Waals surface area contributed by atoms with Crippen LogP contribution < -0.4 is 11.3 Å². The van der Waals surface area contributed by atoms with Crippen LogP contribution in [-0.4, -0.2) is 28.5 Å². The first-order valence-corrected chi connectivity index (χ1v) is 7.32. The Labute approximate surface area is 115 Å². The quantitative estimate of drug-likeness (QED) is 0.601. The molecule has 1 aliphatic rings. The summed E-state index contributed by atoms with van der Waals surface area (Å²) >= 11 is 0. The summed E-state index contributed by atoms with van der Waals surface area (Å²) in [6, 6.07) is 2.46. The predicted octanol–water partition coefficient (Wildman–Crippen LogP) is 1.26. The highest BCUT2D eigenvalue weighted by molar-refractivity contribution is 5.12. The van der Waals surface area contributed by atoms with E-state index in [4.69, 9.17) is 10.6 Å². The number of aryl methyl sites for hydroxylation is 2. The van der Waals surface area contributed by atoms with Crippen LogP contribution in [0.25, 0.3) is 0 Å². The van der Waals surface area contributed by atoms with Crippen LogP contribution in [0.5, 0.6) is 0 Å². The summed E-state index contributed by atoms with van der Waals surface area (Å²) in [7, 11) is 0. The van der Waals surface area contributed by atoms with Gasteiger partial charge in [-0.1, -0.05) is 6.92 Å². The first kappa shape index (κ1) is 14.5. The van der Waals surface area contributed by atoms with Gasteiger partial charge in [-0.3, -0.25) is 16.0 Å². The van der Waals surface area contributed by atoms with Gasteiger partial charge in [0.1, 0.15) is 0 Å². The van der Waals surface area contributed by atoms with Gasteiger partial charge in [-0.2, -0.15) is 5.10 Å². The van der Waals surface area contributed by atoms with Gasteiger partial charge in [0.25, 0.3) is 0 Å². The maximum Gasteiger partial charge on any atom is 0.0624 e. The van der Waals surface area contributed by atoms with Crippen LogP contribution in [0.1, 0.15) is 38.6 Å². The fourth-order valence-electron chi connectivity index (χ4n) is 2.96. The molecular weight excluding hydrogens is 240 g/mol. The summed E-state index contributed by atoms with van der Waals surface area (Å²) in [5, 5.41) is 4.60. The molecule has 1 aromatic heterocycles. The average molecular weight is 266 g/mol. The molecule has 19 heavy (non-hydrogen) atoms. The minimum atomic E-state index is 0.254. The number of hydrogen-bond acceptors (Lipinski definition) is 4. The lowest BCUT2D eigenvalue weighted by Crippen LogP contribution is -2.45. The second kappa shape index (κ2) is 6.50. The van der Waals surface area contributed by atoms with Gasteiger partial charge in [-0.15, -0.1) is 0 Å². The Morgan fingerprint density at radius 1 is 1.58 bits per heavy atom. The largest absolute Gasteiger partial charge is 0.378 e. The van der Waals surface area contributed by atoms with Crippen LogP contribution in [0, 0.1) is 5.92 Å². The Balaban J connectivity index is 2.11. The van der Waals surface area contributed by atoms with Crippen molar-refractivity contribution in [3.63, 3.8) is 0 Å². The van der Waals surface area contributed by atoms with Gasteiger partial charge in [0, 0.05) is 37.2 Å². The minimum absolute atomic E-state index is 0.254. The van der Waals surface area contributed by atoms with E-state index in [9.17, 15) is 0 Å². The van der Waals surface area contributed by atoms with E-state index < -0.39 is 0 Å². The minimum Gasteiger partial charge on any atom is -0.378 e. The zero-order valence-corrected chi connectivity index (χ0v) is 12.2. The van der Waals surface area contributed by atoms with Crippen molar-refractivity contribution in [2.75, 3.05) is 6.61 Å². The smallest absolute Gasteiger partial charge is 0.0624 e. The average Bonchev–Trinajstić information content (AvgIpc) is 3.01. The molecule has 1 saturated heterocycles. The molecule has 2 heterocycles. The van der Waals surface area contributed by atoms with E-state index in [1.165, 1.54) is 5.69 Å². The van der Waals surface area contributed by atoms with Crippen molar-refractivity contribution in [3.05, 3.63) is 17.5 Å². The third kappa shape index (κ3) is 3.16. The van der Waals surface area contributed by atoms with Crippen LogP contribution in [-0.2, 0) is 24.1 Å². The van der Waals surface area contributed by atoms with Crippen molar-refractivity contribution in [2.24, 2.45) is 11.8 Å². The van der Waals surface area contributed by atoms with Crippen LogP contribution in [0.4, 0.5) is 0 Å². The van der Waals surface area contributed by atoms with Crippen molar-refractivity contribution in [1.82, 2.24) is 15.2 Å². The van der Waals surface area contributed by atoms with Gasteiger partial charge in [-0.25, -0.2) is 0 Å². The summed E-state index contributed by atoms with van der Waals surface area (Å²) in [6.07, 6.45) is 3.25. The molecule has 108 valence electrons. The standard InChI is InChI=1S/C14H26N4O/c1-4-11-8-12(18(5-2)17-11)9-14(16-15)13-6-7-19-10(13)3/h8,10,13-14,16H,4-7,9,15H2,1-3H3. The van der Waals surface area contributed by atoms with Crippen LogP contribution >= 0.6 is 0 Å². The third-order valence-corrected chi connectivity index (χ3v) is 4.17. The number of nitrogens with zero attached hydrogens (tertiary/aromatic N) is 2. The lowest BCUT2D eigenvalue weighted by Gasteiger charge is -2.25. The summed E-state index contributed by atoms with van der Waals surface area (Å²) in [4.78, 5) is 0. The molecule has 0 spiro atoms. The number of nitrogens with two attached hydrogens (primary N) is 1. The van der Waals surface area contributed by atoms with E-state index in [1.807, 2.05) is 0 Å². The molecule has 0 amide bonds. The zero-order valence-electron chi connectivity index (χ0n) is 12.2. The first-order valence-electron chi connectivity index (χ1n) is 7.32. The second-order valence-electron chi connectivity index (χ2n) is 5.30. The lowest BCUT2D eigenvalue weighted by atomic mass is 9.90. The summed E-state index contributed by atoms with van der Waals surface area (Å²) in [5.41, 5.74) is 5.40. The molecule has 5 nitrogen and oxygen atoms in total. The normalized spacial score (nSPS) is 24.8. The summed E-state index contributed by atoms with van der Waals surface area (Å²) in [6.45, 7) is 8.15. The molecule has 0 aliphatic carbocycles. The number of nitrogens with one attached hydrogen (secondary N) is 1. The maximum atomic E-state index is 5.76. The topological polar surface area (TPSA) is 65.1 Å². The molecule has 2 rings (SSSR count). The van der Waals surface area contributed by atoms with E-state index >= 15 is 0 Å². The monoisotopic (exact) mass is 266 g/mol. The van der Waals surface area contributed by atoms with Gasteiger partial charge in [-0.05, 0) is 32.8 Å². The molecule has 0 aromatic carbocycles. The number of rotatable bonds is 6. The Hall–Kier alpha value is -0.910. The van der Waals surface area contributed by atoms with Crippen LogP contribution in [0.3, 0.4) is 0 Å². The SMILES string of the molecule is CCc1cc(CC(NN)C2CCOC2C)n(CC)n1. The van der Waals surface area contributed by atoms with Crippen molar-refractivity contribution in [1.29, 1.82) is 0 Å². The number of hydrogen-bond donors (Lipinski definition) is 2. The van der Waals surface area contributed by atoms with E-state index in [0.717, 1.165) is 38.1 Å². The molecule has 0 bridgehead atoms. The lowest BCUT2D eigenvalue weighted by molar-refractivity contribution is 0.0951. The van der Waals surface area contributed by atoms with Gasteiger partial charge < -0.3 is 4.74 Å². The van der Waals surface area contributed by atoms with Crippen LogP contribution in [0.15, 0.2) is 6.07 Å². The Kier molecular flexibility index (Phi) is 4.96. The number of aromatic nitrogens is 2. The van der Waals surface area contributed by atoms with E-state index in [1.54, 1.807) is 0 Å². The second-order valence-corrected chi connectivity index (χ2v) is 5.30. The number of hydrazine groups is 1. The highest BCUT2D eigenvalue weighted by atomic mass is 16.5. The molecule has 1 aromatic rings. The zero-order chi connectivity index (χ0) is 13.8. The predicted molar refractivity (Wildman–Crippen MR) is 75.6 cm³/mol. The number of ether oxygens (including phenoxy) is 1. The summed E-state index contributed by atoms with van der Waals surface area (Å²) < 4.78 is 7.74. The molecule has 1 fully saturated rings. The highest BCUT2D eigenvalue weighted by Gasteiger charge is 2.32. The fraction of sp³-hybridized carbons (Fsp3) is 0.786. The van der Waals surface area contributed by atoms with Crippen molar-refractivity contribution < 1.29 is 4.74 Å². The van der Waals surface area contributed by atoms with Crippen molar-refractivity contribution >= 4 is 0 Å².